The monoisotopic (exact) mass is 305 g/mol. The fraction of sp³-hybridized carbons (Fsp3) is 0.400. The molecule has 0 atom stereocenters. The van der Waals surface area contributed by atoms with Gasteiger partial charge in [0.2, 0.25) is 0 Å². The van der Waals surface area contributed by atoms with Gasteiger partial charge in [-0.3, -0.25) is 0 Å². The number of benzene rings is 1. The zero-order valence-electron chi connectivity index (χ0n) is 12.0. The fourth-order valence-electron chi connectivity index (χ4n) is 2.20. The topological polar surface area (TPSA) is 74.8 Å². The minimum absolute atomic E-state index is 0.331. The molecule has 5 nitrogen and oxygen atoms in total. The summed E-state index contributed by atoms with van der Waals surface area (Å²) in [4.78, 5) is 7.93. The molecule has 1 heterocycles. The Labute approximate surface area is 124 Å². The number of aromatic nitrogens is 2. The molecule has 6 heteroatoms. The Kier molecular flexibility index (Phi) is 3.82. The third kappa shape index (κ3) is 3.71. The summed E-state index contributed by atoms with van der Waals surface area (Å²) in [5.74, 6) is 1.75. The largest absolute Gasteiger partial charge is 0.341 e. The van der Waals surface area contributed by atoms with Crippen LogP contribution in [0.3, 0.4) is 0 Å². The van der Waals surface area contributed by atoms with Gasteiger partial charge in [0, 0.05) is 6.26 Å². The number of hydrogen-bond acceptors (Lipinski definition) is 4. The first kappa shape index (κ1) is 14.3. The van der Waals surface area contributed by atoms with Crippen molar-refractivity contribution in [3.05, 3.63) is 36.3 Å². The quantitative estimate of drug-likeness (QED) is 0.856. The molecule has 0 radical (unpaired) electrons. The smallest absolute Gasteiger partial charge is 0.175 e. The van der Waals surface area contributed by atoms with E-state index in [1.807, 2.05) is 0 Å². The molecule has 0 spiro atoms. The number of hydrogen-bond donors (Lipinski definition) is 2. The van der Waals surface area contributed by atoms with Gasteiger partial charge in [0.15, 0.2) is 9.84 Å². The molecule has 0 amide bonds. The first-order valence-electron chi connectivity index (χ1n) is 7.07. The first-order chi connectivity index (χ1) is 10.0. The average molecular weight is 305 g/mol. The van der Waals surface area contributed by atoms with Crippen LogP contribution in [-0.4, -0.2) is 31.2 Å². The van der Waals surface area contributed by atoms with Gasteiger partial charge in [-0.2, -0.15) is 0 Å². The molecule has 112 valence electrons. The molecule has 1 aromatic carbocycles. The second kappa shape index (κ2) is 5.61. The van der Waals surface area contributed by atoms with Crippen molar-refractivity contribution in [3.8, 4) is 11.3 Å². The van der Waals surface area contributed by atoms with Crippen molar-refractivity contribution in [1.29, 1.82) is 0 Å². The van der Waals surface area contributed by atoms with Gasteiger partial charge in [0.05, 0.1) is 23.3 Å². The zero-order valence-corrected chi connectivity index (χ0v) is 12.8. The molecule has 2 N–H and O–H groups in total. The number of imidazole rings is 1. The Morgan fingerprint density at radius 1 is 1.29 bits per heavy atom. The lowest BCUT2D eigenvalue weighted by molar-refractivity contribution is 0.602. The van der Waals surface area contributed by atoms with E-state index >= 15 is 0 Å². The standard InChI is InChI=1S/C15H19N3O2S/c1-21(19,20)13-6-4-12(5-7-13)14-9-17-15(18-14)10-16-8-11-2-3-11/h4-7,9,11,16H,2-3,8,10H2,1H3,(H,17,18). The Balaban J connectivity index is 1.67. The molecule has 1 aromatic heterocycles. The van der Waals surface area contributed by atoms with Crippen molar-refractivity contribution in [3.63, 3.8) is 0 Å². The highest BCUT2D eigenvalue weighted by Crippen LogP contribution is 2.27. The molecule has 21 heavy (non-hydrogen) atoms. The van der Waals surface area contributed by atoms with E-state index in [-0.39, 0.29) is 0 Å². The van der Waals surface area contributed by atoms with E-state index in [9.17, 15) is 8.42 Å². The molecule has 2 aromatic rings. The number of H-pyrrole nitrogens is 1. The van der Waals surface area contributed by atoms with Gasteiger partial charge in [-0.25, -0.2) is 13.4 Å². The third-order valence-corrected chi connectivity index (χ3v) is 4.77. The summed E-state index contributed by atoms with van der Waals surface area (Å²) in [6.45, 7) is 1.79. The molecule has 0 unspecified atom stereocenters. The van der Waals surface area contributed by atoms with E-state index in [1.165, 1.54) is 19.1 Å². The molecule has 1 aliphatic carbocycles. The minimum Gasteiger partial charge on any atom is -0.341 e. The molecule has 3 rings (SSSR count). The van der Waals surface area contributed by atoms with E-state index in [0.29, 0.717) is 4.90 Å². The van der Waals surface area contributed by atoms with E-state index in [2.05, 4.69) is 15.3 Å². The molecule has 0 saturated heterocycles. The van der Waals surface area contributed by atoms with Crippen molar-refractivity contribution in [2.45, 2.75) is 24.3 Å². The highest BCUT2D eigenvalue weighted by atomic mass is 32.2. The van der Waals surface area contributed by atoms with Crippen LogP contribution < -0.4 is 5.32 Å². The maximum absolute atomic E-state index is 11.4. The summed E-state index contributed by atoms with van der Waals surface area (Å²) in [5.41, 5.74) is 1.83. The number of nitrogens with zero attached hydrogens (tertiary/aromatic N) is 1. The first-order valence-corrected chi connectivity index (χ1v) is 8.96. The van der Waals surface area contributed by atoms with Crippen molar-refractivity contribution in [1.82, 2.24) is 15.3 Å². The van der Waals surface area contributed by atoms with Crippen LogP contribution in [0.2, 0.25) is 0 Å². The maximum Gasteiger partial charge on any atom is 0.175 e. The van der Waals surface area contributed by atoms with Crippen molar-refractivity contribution in [2.24, 2.45) is 5.92 Å². The summed E-state index contributed by atoms with van der Waals surface area (Å²) >= 11 is 0. The van der Waals surface area contributed by atoms with Gasteiger partial charge < -0.3 is 10.3 Å². The normalized spacial score (nSPS) is 15.3. The van der Waals surface area contributed by atoms with E-state index in [4.69, 9.17) is 0 Å². The molecule has 0 aliphatic heterocycles. The van der Waals surface area contributed by atoms with E-state index in [0.717, 1.165) is 36.1 Å². The Bertz CT molecular complexity index is 716. The second-order valence-electron chi connectivity index (χ2n) is 5.61. The van der Waals surface area contributed by atoms with Crippen LogP contribution in [0.4, 0.5) is 0 Å². The summed E-state index contributed by atoms with van der Waals surface area (Å²) in [7, 11) is -3.15. The van der Waals surface area contributed by atoms with E-state index in [1.54, 1.807) is 30.5 Å². The van der Waals surface area contributed by atoms with Gasteiger partial charge in [-0.15, -0.1) is 0 Å². The highest BCUT2D eigenvalue weighted by Gasteiger charge is 2.20. The molecule has 1 aliphatic rings. The maximum atomic E-state index is 11.4. The highest BCUT2D eigenvalue weighted by molar-refractivity contribution is 7.90. The third-order valence-electron chi connectivity index (χ3n) is 3.64. The Morgan fingerprint density at radius 3 is 2.62 bits per heavy atom. The summed E-state index contributed by atoms with van der Waals surface area (Å²) in [6, 6.07) is 6.84. The predicted octanol–water partition coefficient (Wildman–Crippen LogP) is 1.98. The van der Waals surface area contributed by atoms with Crippen LogP contribution in [0.15, 0.2) is 35.4 Å². The lowest BCUT2D eigenvalue weighted by Gasteiger charge is -2.02. The van der Waals surface area contributed by atoms with Crippen LogP contribution in [0.25, 0.3) is 11.3 Å². The fourth-order valence-corrected chi connectivity index (χ4v) is 2.83. The minimum atomic E-state index is -3.15. The van der Waals surface area contributed by atoms with E-state index < -0.39 is 9.84 Å². The Hall–Kier alpha value is -1.66. The number of nitrogens with one attached hydrogen (secondary N) is 2. The second-order valence-corrected chi connectivity index (χ2v) is 7.63. The van der Waals surface area contributed by atoms with Gasteiger partial charge in [0.1, 0.15) is 5.82 Å². The molecular weight excluding hydrogens is 286 g/mol. The summed E-state index contributed by atoms with van der Waals surface area (Å²) in [5, 5.41) is 3.38. The number of rotatable bonds is 6. The molecule has 1 saturated carbocycles. The van der Waals surface area contributed by atoms with Crippen LogP contribution in [0.1, 0.15) is 18.7 Å². The average Bonchev–Trinajstić information content (AvgIpc) is 3.14. The predicted molar refractivity (Wildman–Crippen MR) is 81.6 cm³/mol. The van der Waals surface area contributed by atoms with Crippen molar-refractivity contribution < 1.29 is 8.42 Å². The molecular formula is C15H19N3O2S. The van der Waals surface area contributed by atoms with Crippen molar-refractivity contribution >= 4 is 9.84 Å². The number of sulfone groups is 1. The number of aromatic amines is 1. The van der Waals surface area contributed by atoms with Gasteiger partial charge in [-0.05, 0) is 43.0 Å². The molecule has 1 fully saturated rings. The van der Waals surface area contributed by atoms with Crippen molar-refractivity contribution in [2.75, 3.05) is 12.8 Å². The van der Waals surface area contributed by atoms with Gasteiger partial charge >= 0.3 is 0 Å². The molecule has 0 bridgehead atoms. The van der Waals surface area contributed by atoms with Crippen LogP contribution in [0, 0.1) is 5.92 Å². The van der Waals surface area contributed by atoms with Crippen LogP contribution in [-0.2, 0) is 16.4 Å². The summed E-state index contributed by atoms with van der Waals surface area (Å²) < 4.78 is 22.9. The lowest BCUT2D eigenvalue weighted by Crippen LogP contribution is -2.16. The lowest BCUT2D eigenvalue weighted by atomic mass is 10.2. The van der Waals surface area contributed by atoms with Crippen LogP contribution in [0.5, 0.6) is 0 Å². The van der Waals surface area contributed by atoms with Crippen LogP contribution >= 0.6 is 0 Å². The SMILES string of the molecule is CS(=O)(=O)c1ccc(-c2cnc(CNCC3CC3)[nH]2)cc1. The Morgan fingerprint density at radius 2 is 2.00 bits per heavy atom. The zero-order chi connectivity index (χ0) is 14.9. The van der Waals surface area contributed by atoms with Gasteiger partial charge in [-0.1, -0.05) is 12.1 Å². The summed E-state index contributed by atoms with van der Waals surface area (Å²) in [6.07, 6.45) is 5.66. The van der Waals surface area contributed by atoms with Gasteiger partial charge in [0.25, 0.3) is 0 Å².